The van der Waals surface area contributed by atoms with Crippen LogP contribution >= 0.6 is 11.3 Å². The van der Waals surface area contributed by atoms with Gasteiger partial charge < -0.3 is 4.90 Å². The molecule has 1 aromatic heterocycles. The van der Waals surface area contributed by atoms with E-state index in [2.05, 4.69) is 24.9 Å². The third-order valence-corrected chi connectivity index (χ3v) is 4.02. The lowest BCUT2D eigenvalue weighted by molar-refractivity contribution is -0.380. The Hall–Kier alpha value is -1.36. The van der Waals surface area contributed by atoms with Gasteiger partial charge in [-0.05, 0) is 31.9 Å². The van der Waals surface area contributed by atoms with Crippen LogP contribution in [-0.2, 0) is 0 Å². The van der Waals surface area contributed by atoms with E-state index in [1.165, 1.54) is 17.0 Å². The number of hydrogen-bond acceptors (Lipinski definition) is 4. The molecule has 0 bridgehead atoms. The average Bonchev–Trinajstić information content (AvgIpc) is 2.81. The third-order valence-electron chi connectivity index (χ3n) is 3.03. The molecule has 0 radical (unpaired) electrons. The van der Waals surface area contributed by atoms with Crippen molar-refractivity contribution in [3.63, 3.8) is 0 Å². The normalized spacial score (nSPS) is 23.0. The fraction of sp³-hybridized carbons (Fsp3) is 0.455. The summed E-state index contributed by atoms with van der Waals surface area (Å²) in [4.78, 5) is 13.4. The van der Waals surface area contributed by atoms with Crippen molar-refractivity contribution >= 4 is 22.4 Å². The Kier molecular flexibility index (Phi) is 2.96. The Balaban J connectivity index is 2.19. The van der Waals surface area contributed by atoms with Crippen molar-refractivity contribution in [1.29, 1.82) is 0 Å². The largest absolute Gasteiger partial charge is 0.375 e. The summed E-state index contributed by atoms with van der Waals surface area (Å²) in [6, 6.07) is 3.95. The molecule has 5 heteroatoms. The highest BCUT2D eigenvalue weighted by atomic mass is 32.1. The van der Waals surface area contributed by atoms with Gasteiger partial charge in [0.05, 0.1) is 4.92 Å². The van der Waals surface area contributed by atoms with Crippen LogP contribution in [0.4, 0.5) is 5.00 Å². The number of nitrogens with zero attached hydrogens (tertiary/aromatic N) is 2. The number of rotatable bonds is 2. The predicted octanol–water partition coefficient (Wildman–Crippen LogP) is 3.11. The Bertz CT molecular complexity index is 439. The smallest absolute Gasteiger partial charge is 0.324 e. The number of nitro groups is 1. The average molecular weight is 238 g/mol. The van der Waals surface area contributed by atoms with Gasteiger partial charge in [0.1, 0.15) is 0 Å². The summed E-state index contributed by atoms with van der Waals surface area (Å²) in [6.07, 6.45) is 4.28. The Morgan fingerprint density at radius 2 is 2.38 bits per heavy atom. The monoisotopic (exact) mass is 238 g/mol. The van der Waals surface area contributed by atoms with Crippen molar-refractivity contribution < 1.29 is 4.92 Å². The van der Waals surface area contributed by atoms with Gasteiger partial charge in [0.25, 0.3) is 0 Å². The van der Waals surface area contributed by atoms with Gasteiger partial charge in [0.2, 0.25) is 0 Å². The van der Waals surface area contributed by atoms with E-state index >= 15 is 0 Å². The standard InChI is InChI=1S/C11H14N2O2S/c1-8-3-4-9(12(8)2)7-10-5-6-11(16-10)13(14)15/h5-8H,3-4H2,1-2H3/b9-7+/t8-/m1/s1. The zero-order valence-electron chi connectivity index (χ0n) is 9.34. The van der Waals surface area contributed by atoms with Crippen LogP contribution in [0.3, 0.4) is 0 Å². The molecule has 0 saturated carbocycles. The fourth-order valence-corrected chi connectivity index (χ4v) is 2.65. The van der Waals surface area contributed by atoms with Crippen molar-refractivity contribution in [3.05, 3.63) is 32.8 Å². The molecule has 2 rings (SSSR count). The zero-order valence-corrected chi connectivity index (χ0v) is 10.2. The summed E-state index contributed by atoms with van der Waals surface area (Å²) < 4.78 is 0. The minimum Gasteiger partial charge on any atom is -0.375 e. The summed E-state index contributed by atoms with van der Waals surface area (Å²) in [7, 11) is 2.07. The second-order valence-electron chi connectivity index (χ2n) is 4.07. The van der Waals surface area contributed by atoms with E-state index in [1.54, 1.807) is 6.07 Å². The molecule has 1 aliphatic heterocycles. The second-order valence-corrected chi connectivity index (χ2v) is 5.16. The number of allylic oxidation sites excluding steroid dienone is 1. The van der Waals surface area contributed by atoms with E-state index < -0.39 is 0 Å². The van der Waals surface area contributed by atoms with Crippen LogP contribution < -0.4 is 0 Å². The summed E-state index contributed by atoms with van der Waals surface area (Å²) >= 11 is 1.23. The summed E-state index contributed by atoms with van der Waals surface area (Å²) in [6.45, 7) is 2.19. The first kappa shape index (κ1) is 11.1. The van der Waals surface area contributed by atoms with Crippen LogP contribution in [-0.4, -0.2) is 22.9 Å². The molecule has 0 N–H and O–H groups in total. The van der Waals surface area contributed by atoms with Gasteiger partial charge in [-0.15, -0.1) is 0 Å². The first-order valence-electron chi connectivity index (χ1n) is 5.25. The van der Waals surface area contributed by atoms with E-state index in [0.717, 1.165) is 17.7 Å². The molecule has 1 aromatic rings. The first-order valence-corrected chi connectivity index (χ1v) is 6.07. The van der Waals surface area contributed by atoms with Crippen molar-refractivity contribution in [1.82, 2.24) is 4.90 Å². The summed E-state index contributed by atoms with van der Waals surface area (Å²) in [5.74, 6) is 0. The highest BCUT2D eigenvalue weighted by Gasteiger charge is 2.20. The van der Waals surface area contributed by atoms with Crippen molar-refractivity contribution in [3.8, 4) is 0 Å². The summed E-state index contributed by atoms with van der Waals surface area (Å²) in [5, 5.41) is 10.8. The number of likely N-dealkylation sites (tertiary alicyclic amines) is 1. The molecular weight excluding hydrogens is 224 g/mol. The van der Waals surface area contributed by atoms with E-state index in [9.17, 15) is 10.1 Å². The topological polar surface area (TPSA) is 46.4 Å². The fourth-order valence-electron chi connectivity index (χ4n) is 1.87. The van der Waals surface area contributed by atoms with Crippen LogP contribution in [0, 0.1) is 10.1 Å². The van der Waals surface area contributed by atoms with Crippen LogP contribution in [0.15, 0.2) is 17.8 Å². The lowest BCUT2D eigenvalue weighted by atomic mass is 10.2. The van der Waals surface area contributed by atoms with E-state index in [1.807, 2.05) is 6.07 Å². The lowest BCUT2D eigenvalue weighted by Crippen LogP contribution is -2.19. The molecule has 0 aliphatic carbocycles. The van der Waals surface area contributed by atoms with E-state index in [0.29, 0.717) is 6.04 Å². The highest BCUT2D eigenvalue weighted by Crippen LogP contribution is 2.31. The molecule has 0 aromatic carbocycles. The third kappa shape index (κ3) is 2.09. The highest BCUT2D eigenvalue weighted by molar-refractivity contribution is 7.16. The molecule has 0 amide bonds. The first-order chi connectivity index (χ1) is 7.58. The molecule has 86 valence electrons. The number of hydrogen-bond donors (Lipinski definition) is 0. The molecule has 1 aliphatic rings. The second kappa shape index (κ2) is 4.25. The molecule has 0 unspecified atom stereocenters. The van der Waals surface area contributed by atoms with Crippen molar-refractivity contribution in [2.24, 2.45) is 0 Å². The van der Waals surface area contributed by atoms with Gasteiger partial charge in [-0.1, -0.05) is 11.3 Å². The van der Waals surface area contributed by atoms with E-state index in [4.69, 9.17) is 0 Å². The van der Waals surface area contributed by atoms with Crippen molar-refractivity contribution in [2.45, 2.75) is 25.8 Å². The summed E-state index contributed by atoms with van der Waals surface area (Å²) in [5.41, 5.74) is 1.27. The maximum Gasteiger partial charge on any atom is 0.324 e. The van der Waals surface area contributed by atoms with Gasteiger partial charge in [0.15, 0.2) is 0 Å². The molecular formula is C11H14N2O2S. The van der Waals surface area contributed by atoms with Crippen LogP contribution in [0.1, 0.15) is 24.6 Å². The minimum absolute atomic E-state index is 0.209. The van der Waals surface area contributed by atoms with Gasteiger partial charge >= 0.3 is 5.00 Å². The Morgan fingerprint density at radius 3 is 2.88 bits per heavy atom. The molecule has 1 fully saturated rings. The number of thiophene rings is 1. The van der Waals surface area contributed by atoms with Crippen LogP contribution in [0.2, 0.25) is 0 Å². The van der Waals surface area contributed by atoms with Gasteiger partial charge in [-0.2, -0.15) is 0 Å². The molecule has 4 nitrogen and oxygen atoms in total. The van der Waals surface area contributed by atoms with Gasteiger partial charge in [-0.25, -0.2) is 0 Å². The minimum atomic E-state index is -0.340. The maximum absolute atomic E-state index is 10.6. The molecule has 0 spiro atoms. The Labute approximate surface area is 98.3 Å². The quantitative estimate of drug-likeness (QED) is 0.587. The molecule has 1 atom stereocenters. The van der Waals surface area contributed by atoms with E-state index in [-0.39, 0.29) is 9.92 Å². The van der Waals surface area contributed by atoms with Gasteiger partial charge in [0, 0.05) is 29.7 Å². The van der Waals surface area contributed by atoms with Gasteiger partial charge in [-0.3, -0.25) is 10.1 Å². The molecule has 16 heavy (non-hydrogen) atoms. The lowest BCUT2D eigenvalue weighted by Gasteiger charge is -2.18. The Morgan fingerprint density at radius 1 is 1.62 bits per heavy atom. The van der Waals surface area contributed by atoms with Crippen LogP contribution in [0.25, 0.3) is 6.08 Å². The van der Waals surface area contributed by atoms with Crippen LogP contribution in [0.5, 0.6) is 0 Å². The maximum atomic E-state index is 10.6. The molecule has 2 heterocycles. The zero-order chi connectivity index (χ0) is 11.7. The SMILES string of the molecule is C[C@@H]1CC/C(=C\c2ccc([N+](=O)[O-])s2)N1C. The predicted molar refractivity (Wildman–Crippen MR) is 65.4 cm³/mol. The molecule has 1 saturated heterocycles. The van der Waals surface area contributed by atoms with Crippen molar-refractivity contribution in [2.75, 3.05) is 7.05 Å².